The summed E-state index contributed by atoms with van der Waals surface area (Å²) in [7, 11) is 1.99. The van der Waals surface area contributed by atoms with E-state index >= 15 is 0 Å². The molecule has 0 amide bonds. The number of halogens is 3. The number of benzene rings is 2. The van der Waals surface area contributed by atoms with E-state index in [9.17, 15) is 13.2 Å². The molecule has 0 unspecified atom stereocenters. The highest BCUT2D eigenvalue weighted by Gasteiger charge is 2.32. The van der Waals surface area contributed by atoms with E-state index in [2.05, 4.69) is 15.5 Å². The molecular formula is C20H21F3N4. The van der Waals surface area contributed by atoms with Crippen molar-refractivity contribution in [2.75, 3.05) is 37.6 Å². The minimum absolute atomic E-state index is 0.413. The number of nitrogens with zero attached hydrogens (tertiary/aromatic N) is 4. The number of fused-ring (bicyclic) bond motifs is 1. The molecule has 1 aromatic heterocycles. The van der Waals surface area contributed by atoms with Gasteiger partial charge in [0.1, 0.15) is 5.82 Å². The fraction of sp³-hybridized carbons (Fsp3) is 0.350. The minimum atomic E-state index is -4.14. The second kappa shape index (κ2) is 6.88. The lowest BCUT2D eigenvalue weighted by molar-refractivity contribution is -0.146. The zero-order valence-electron chi connectivity index (χ0n) is 15.1. The van der Waals surface area contributed by atoms with E-state index in [1.165, 1.54) is 4.90 Å². The molecular weight excluding hydrogens is 353 g/mol. The molecule has 4 nitrogen and oxygen atoms in total. The Morgan fingerprint density at radius 1 is 0.963 bits per heavy atom. The molecule has 2 heterocycles. The number of hydrogen-bond acceptors (Lipinski definition) is 3. The first-order chi connectivity index (χ1) is 12.9. The molecule has 2 aromatic carbocycles. The lowest BCUT2D eigenvalue weighted by atomic mass is 10.1. The van der Waals surface area contributed by atoms with Crippen molar-refractivity contribution < 1.29 is 13.2 Å². The summed E-state index contributed by atoms with van der Waals surface area (Å²) in [5.41, 5.74) is 4.04. The van der Waals surface area contributed by atoms with Gasteiger partial charge < -0.3 is 9.47 Å². The van der Waals surface area contributed by atoms with Gasteiger partial charge in [-0.2, -0.15) is 13.2 Å². The molecule has 27 heavy (non-hydrogen) atoms. The van der Waals surface area contributed by atoms with Crippen LogP contribution in [0.25, 0.3) is 22.4 Å². The Balaban J connectivity index is 1.54. The third kappa shape index (κ3) is 3.78. The van der Waals surface area contributed by atoms with Crippen molar-refractivity contribution in [1.82, 2.24) is 14.5 Å². The fourth-order valence-electron chi connectivity index (χ4n) is 3.66. The van der Waals surface area contributed by atoms with Crippen molar-refractivity contribution in [1.29, 1.82) is 0 Å². The lowest BCUT2D eigenvalue weighted by Crippen LogP contribution is -2.49. The van der Waals surface area contributed by atoms with Crippen LogP contribution in [0.15, 0.2) is 48.5 Å². The summed E-state index contributed by atoms with van der Waals surface area (Å²) in [6, 6.07) is 16.1. The zero-order valence-corrected chi connectivity index (χ0v) is 15.1. The SMILES string of the molecule is Cn1c(-c2cccc(N3CCN(CC(F)(F)F)CC3)c2)nc2ccccc21. The van der Waals surface area contributed by atoms with E-state index in [0.29, 0.717) is 26.2 Å². The Morgan fingerprint density at radius 2 is 1.70 bits per heavy atom. The minimum Gasteiger partial charge on any atom is -0.369 e. The lowest BCUT2D eigenvalue weighted by Gasteiger charge is -2.36. The number of aryl methyl sites for hydroxylation is 1. The summed E-state index contributed by atoms with van der Waals surface area (Å²) in [4.78, 5) is 8.33. The molecule has 7 heteroatoms. The average Bonchev–Trinajstić information content (AvgIpc) is 2.98. The van der Waals surface area contributed by atoms with Crippen LogP contribution in [0.1, 0.15) is 0 Å². The highest BCUT2D eigenvalue weighted by molar-refractivity contribution is 5.81. The largest absolute Gasteiger partial charge is 0.401 e. The van der Waals surface area contributed by atoms with Gasteiger partial charge in [-0.25, -0.2) is 4.98 Å². The maximum absolute atomic E-state index is 12.6. The second-order valence-corrected chi connectivity index (χ2v) is 6.91. The highest BCUT2D eigenvalue weighted by Crippen LogP contribution is 2.28. The average molecular weight is 374 g/mol. The van der Waals surface area contributed by atoms with Gasteiger partial charge in [0.15, 0.2) is 0 Å². The van der Waals surface area contributed by atoms with Crippen LogP contribution in [0.4, 0.5) is 18.9 Å². The maximum atomic E-state index is 12.6. The Bertz CT molecular complexity index is 940. The first kappa shape index (κ1) is 17.9. The molecule has 1 aliphatic heterocycles. The van der Waals surface area contributed by atoms with Gasteiger partial charge >= 0.3 is 6.18 Å². The number of para-hydroxylation sites is 2. The van der Waals surface area contributed by atoms with Gasteiger partial charge in [0, 0.05) is 44.5 Å². The first-order valence-electron chi connectivity index (χ1n) is 8.97. The molecule has 0 spiro atoms. The van der Waals surface area contributed by atoms with Crippen LogP contribution < -0.4 is 4.90 Å². The van der Waals surface area contributed by atoms with Gasteiger partial charge in [-0.1, -0.05) is 24.3 Å². The molecule has 4 rings (SSSR count). The van der Waals surface area contributed by atoms with E-state index in [1.807, 2.05) is 49.5 Å². The number of alkyl halides is 3. The fourth-order valence-corrected chi connectivity index (χ4v) is 3.66. The van der Waals surface area contributed by atoms with Gasteiger partial charge in [-0.3, -0.25) is 4.90 Å². The standard InChI is InChI=1S/C20H21F3N4/c1-25-18-8-3-2-7-17(18)24-19(25)15-5-4-6-16(13-15)27-11-9-26(10-12-27)14-20(21,22)23/h2-8,13H,9-12,14H2,1H3. The molecule has 3 aromatic rings. The molecule has 0 atom stereocenters. The van der Waals surface area contributed by atoms with Crippen LogP contribution in [-0.2, 0) is 7.05 Å². The molecule has 0 aliphatic carbocycles. The van der Waals surface area contributed by atoms with E-state index < -0.39 is 12.7 Å². The highest BCUT2D eigenvalue weighted by atomic mass is 19.4. The normalized spacial score (nSPS) is 16.2. The Morgan fingerprint density at radius 3 is 2.41 bits per heavy atom. The van der Waals surface area contributed by atoms with Gasteiger partial charge in [0.2, 0.25) is 0 Å². The van der Waals surface area contributed by atoms with Crippen molar-refractivity contribution in [3.05, 3.63) is 48.5 Å². The molecule has 0 saturated carbocycles. The predicted octanol–water partition coefficient (Wildman–Crippen LogP) is 3.92. The molecule has 142 valence electrons. The van der Waals surface area contributed by atoms with Crippen LogP contribution in [-0.4, -0.2) is 53.4 Å². The van der Waals surface area contributed by atoms with Crippen LogP contribution in [0, 0.1) is 0 Å². The predicted molar refractivity (Wildman–Crippen MR) is 101 cm³/mol. The molecule has 1 aliphatic rings. The Hall–Kier alpha value is -2.54. The van der Waals surface area contributed by atoms with Crippen molar-refractivity contribution in [2.45, 2.75) is 6.18 Å². The van der Waals surface area contributed by atoms with Crippen molar-refractivity contribution >= 4 is 16.7 Å². The Labute approximate surface area is 155 Å². The number of piperazine rings is 1. The number of hydrogen-bond donors (Lipinski definition) is 0. The third-order valence-electron chi connectivity index (χ3n) is 5.03. The third-order valence-corrected chi connectivity index (χ3v) is 5.03. The van der Waals surface area contributed by atoms with E-state index in [1.54, 1.807) is 0 Å². The first-order valence-corrected chi connectivity index (χ1v) is 8.97. The second-order valence-electron chi connectivity index (χ2n) is 6.91. The number of rotatable bonds is 3. The van der Waals surface area contributed by atoms with E-state index in [-0.39, 0.29) is 0 Å². The number of aromatic nitrogens is 2. The topological polar surface area (TPSA) is 24.3 Å². The maximum Gasteiger partial charge on any atom is 0.401 e. The summed E-state index contributed by atoms with van der Waals surface area (Å²) >= 11 is 0. The van der Waals surface area contributed by atoms with Gasteiger partial charge in [-0.15, -0.1) is 0 Å². The Kier molecular flexibility index (Phi) is 4.55. The van der Waals surface area contributed by atoms with Crippen LogP contribution in [0.3, 0.4) is 0 Å². The monoisotopic (exact) mass is 374 g/mol. The van der Waals surface area contributed by atoms with Gasteiger partial charge in [-0.05, 0) is 24.3 Å². The van der Waals surface area contributed by atoms with Crippen LogP contribution in [0.2, 0.25) is 0 Å². The summed E-state index contributed by atoms with van der Waals surface area (Å²) in [6.07, 6.45) is -4.14. The summed E-state index contributed by atoms with van der Waals surface area (Å²) < 4.78 is 39.8. The molecule has 0 radical (unpaired) electrons. The van der Waals surface area contributed by atoms with E-state index in [0.717, 1.165) is 28.1 Å². The zero-order chi connectivity index (χ0) is 19.0. The number of imidazole rings is 1. The van der Waals surface area contributed by atoms with E-state index in [4.69, 9.17) is 4.98 Å². The van der Waals surface area contributed by atoms with Gasteiger partial charge in [0.25, 0.3) is 0 Å². The summed E-state index contributed by atoms with van der Waals surface area (Å²) in [5, 5.41) is 0. The van der Waals surface area contributed by atoms with Crippen molar-refractivity contribution in [3.8, 4) is 11.4 Å². The quantitative estimate of drug-likeness (QED) is 0.694. The summed E-state index contributed by atoms with van der Waals surface area (Å²) in [6.45, 7) is 1.16. The molecule has 1 saturated heterocycles. The molecule has 1 fully saturated rings. The van der Waals surface area contributed by atoms with Gasteiger partial charge in [0.05, 0.1) is 17.6 Å². The van der Waals surface area contributed by atoms with Crippen LogP contribution in [0.5, 0.6) is 0 Å². The summed E-state index contributed by atoms with van der Waals surface area (Å²) in [5.74, 6) is 0.883. The van der Waals surface area contributed by atoms with Crippen LogP contribution >= 0.6 is 0 Å². The molecule has 0 N–H and O–H groups in total. The van der Waals surface area contributed by atoms with Crippen molar-refractivity contribution in [3.63, 3.8) is 0 Å². The number of anilines is 1. The van der Waals surface area contributed by atoms with Crippen molar-refractivity contribution in [2.24, 2.45) is 7.05 Å². The smallest absolute Gasteiger partial charge is 0.369 e. The molecule has 0 bridgehead atoms.